The fourth-order valence-corrected chi connectivity index (χ4v) is 2.46. The van der Waals surface area contributed by atoms with E-state index in [4.69, 9.17) is 4.74 Å². The predicted molar refractivity (Wildman–Crippen MR) is 66.0 cm³/mol. The van der Waals surface area contributed by atoms with Gasteiger partial charge in [-0.15, -0.1) is 0 Å². The Kier molecular flexibility index (Phi) is 6.42. The molecule has 1 saturated heterocycles. The number of alkyl halides is 2. The molecule has 1 aliphatic rings. The second-order valence-corrected chi connectivity index (χ2v) is 5.24. The maximum Gasteiger partial charge on any atom is 0.251 e. The molecular formula is C12H24F2N2O2. The number of halogens is 2. The maximum absolute atomic E-state index is 12.1. The fourth-order valence-electron chi connectivity index (χ4n) is 2.46. The molecule has 18 heavy (non-hydrogen) atoms. The van der Waals surface area contributed by atoms with Crippen molar-refractivity contribution in [1.29, 1.82) is 0 Å². The molecule has 0 aromatic heterocycles. The number of likely N-dealkylation sites (N-methyl/N-ethyl adjacent to an activating group) is 1. The van der Waals surface area contributed by atoms with Gasteiger partial charge >= 0.3 is 0 Å². The lowest BCUT2D eigenvalue weighted by molar-refractivity contribution is -0.0780. The standard InChI is InChI=1S/C12H24F2N2O2/c1-9-4-16(5-10(2)18-9)7-11(17)6-15(3)8-12(13)14/h9-12,17H,4-8H2,1-3H3. The van der Waals surface area contributed by atoms with Crippen LogP contribution >= 0.6 is 0 Å². The van der Waals surface area contributed by atoms with Crippen LogP contribution in [0.15, 0.2) is 0 Å². The van der Waals surface area contributed by atoms with Gasteiger partial charge in [0.15, 0.2) is 0 Å². The Balaban J connectivity index is 2.28. The van der Waals surface area contributed by atoms with Gasteiger partial charge in [-0.2, -0.15) is 0 Å². The third kappa shape index (κ3) is 6.04. The van der Waals surface area contributed by atoms with Crippen LogP contribution in [0.1, 0.15) is 13.8 Å². The highest BCUT2D eigenvalue weighted by Crippen LogP contribution is 2.11. The lowest BCUT2D eigenvalue weighted by Crippen LogP contribution is -2.49. The molecule has 3 unspecified atom stereocenters. The zero-order chi connectivity index (χ0) is 13.7. The van der Waals surface area contributed by atoms with Crippen molar-refractivity contribution in [2.45, 2.75) is 38.6 Å². The number of rotatable bonds is 6. The van der Waals surface area contributed by atoms with E-state index in [2.05, 4.69) is 4.90 Å². The van der Waals surface area contributed by atoms with E-state index >= 15 is 0 Å². The van der Waals surface area contributed by atoms with Crippen LogP contribution in [-0.2, 0) is 4.74 Å². The third-order valence-electron chi connectivity index (χ3n) is 2.94. The molecule has 0 radical (unpaired) electrons. The second kappa shape index (κ2) is 7.33. The van der Waals surface area contributed by atoms with Gasteiger partial charge in [0.05, 0.1) is 24.9 Å². The molecule has 3 atom stereocenters. The second-order valence-electron chi connectivity index (χ2n) is 5.24. The van der Waals surface area contributed by atoms with E-state index in [1.54, 1.807) is 7.05 Å². The Morgan fingerprint density at radius 1 is 1.28 bits per heavy atom. The van der Waals surface area contributed by atoms with Gasteiger partial charge in [-0.3, -0.25) is 9.80 Å². The highest BCUT2D eigenvalue weighted by Gasteiger charge is 2.24. The summed E-state index contributed by atoms with van der Waals surface area (Å²) in [4.78, 5) is 3.59. The summed E-state index contributed by atoms with van der Waals surface area (Å²) < 4.78 is 29.9. The number of β-amino-alcohol motifs (C(OH)–C–C–N with tert-alkyl or cyclic N) is 1. The number of hydrogen-bond donors (Lipinski definition) is 1. The molecule has 4 nitrogen and oxygen atoms in total. The van der Waals surface area contributed by atoms with Gasteiger partial charge in [-0.25, -0.2) is 8.78 Å². The number of aliphatic hydroxyl groups is 1. The average molecular weight is 266 g/mol. The van der Waals surface area contributed by atoms with E-state index in [-0.39, 0.29) is 25.3 Å². The molecule has 1 fully saturated rings. The quantitative estimate of drug-likeness (QED) is 0.766. The Morgan fingerprint density at radius 3 is 2.33 bits per heavy atom. The molecule has 0 saturated carbocycles. The van der Waals surface area contributed by atoms with E-state index in [1.807, 2.05) is 13.8 Å². The van der Waals surface area contributed by atoms with Crippen molar-refractivity contribution in [2.75, 3.05) is 39.8 Å². The monoisotopic (exact) mass is 266 g/mol. The van der Waals surface area contributed by atoms with Crippen molar-refractivity contribution in [3.63, 3.8) is 0 Å². The van der Waals surface area contributed by atoms with Crippen molar-refractivity contribution >= 4 is 0 Å². The normalized spacial score (nSPS) is 28.0. The van der Waals surface area contributed by atoms with Crippen LogP contribution in [0.5, 0.6) is 0 Å². The Labute approximate surface area is 108 Å². The van der Waals surface area contributed by atoms with E-state index in [1.165, 1.54) is 4.90 Å². The first-order valence-electron chi connectivity index (χ1n) is 6.39. The average Bonchev–Trinajstić information content (AvgIpc) is 2.12. The van der Waals surface area contributed by atoms with Gasteiger partial charge in [0.25, 0.3) is 6.43 Å². The third-order valence-corrected chi connectivity index (χ3v) is 2.94. The van der Waals surface area contributed by atoms with Crippen LogP contribution in [0, 0.1) is 0 Å². The molecule has 0 amide bonds. The van der Waals surface area contributed by atoms with Crippen LogP contribution in [0.25, 0.3) is 0 Å². The molecule has 0 spiro atoms. The van der Waals surface area contributed by atoms with Crippen LogP contribution in [0.3, 0.4) is 0 Å². The molecule has 0 bridgehead atoms. The van der Waals surface area contributed by atoms with E-state index in [0.717, 1.165) is 13.1 Å². The molecule has 1 aliphatic heterocycles. The molecule has 6 heteroatoms. The Bertz CT molecular complexity index is 234. The lowest BCUT2D eigenvalue weighted by atomic mass is 10.2. The number of aliphatic hydroxyl groups excluding tert-OH is 1. The summed E-state index contributed by atoms with van der Waals surface area (Å²) in [6.07, 6.45) is -2.66. The van der Waals surface area contributed by atoms with Crippen LogP contribution in [-0.4, -0.2) is 79.4 Å². The molecule has 0 aromatic rings. The number of nitrogens with zero attached hydrogens (tertiary/aromatic N) is 2. The summed E-state index contributed by atoms with van der Waals surface area (Å²) in [7, 11) is 1.60. The molecule has 108 valence electrons. The predicted octanol–water partition coefficient (Wildman–Crippen LogP) is 0.653. The number of morpholine rings is 1. The summed E-state index contributed by atoms with van der Waals surface area (Å²) in [6, 6.07) is 0. The minimum atomic E-state index is -2.36. The number of ether oxygens (including phenoxy) is 1. The van der Waals surface area contributed by atoms with Crippen molar-refractivity contribution in [1.82, 2.24) is 9.80 Å². The van der Waals surface area contributed by atoms with Gasteiger partial charge in [0, 0.05) is 26.2 Å². The van der Waals surface area contributed by atoms with Crippen LogP contribution in [0.4, 0.5) is 8.78 Å². The highest BCUT2D eigenvalue weighted by atomic mass is 19.3. The first-order valence-corrected chi connectivity index (χ1v) is 6.39. The smallest absolute Gasteiger partial charge is 0.251 e. The zero-order valence-corrected chi connectivity index (χ0v) is 11.4. The highest BCUT2D eigenvalue weighted by molar-refractivity contribution is 4.76. The van der Waals surface area contributed by atoms with Gasteiger partial charge < -0.3 is 9.84 Å². The molecule has 0 aromatic carbocycles. The maximum atomic E-state index is 12.1. The first-order chi connectivity index (χ1) is 8.36. The first kappa shape index (κ1) is 15.8. The van der Waals surface area contributed by atoms with Gasteiger partial charge in [0.1, 0.15) is 0 Å². The summed E-state index contributed by atoms with van der Waals surface area (Å²) >= 11 is 0. The van der Waals surface area contributed by atoms with Gasteiger partial charge in [-0.1, -0.05) is 0 Å². The summed E-state index contributed by atoms with van der Waals surface area (Å²) in [6.45, 7) is 6.03. The van der Waals surface area contributed by atoms with Gasteiger partial charge in [0.2, 0.25) is 0 Å². The van der Waals surface area contributed by atoms with E-state index in [9.17, 15) is 13.9 Å². The molecular weight excluding hydrogens is 242 g/mol. The van der Waals surface area contributed by atoms with Crippen molar-refractivity contribution in [3.05, 3.63) is 0 Å². The molecule has 1 N–H and O–H groups in total. The summed E-state index contributed by atoms with van der Waals surface area (Å²) in [5.41, 5.74) is 0. The van der Waals surface area contributed by atoms with E-state index < -0.39 is 12.5 Å². The minimum Gasteiger partial charge on any atom is -0.390 e. The lowest BCUT2D eigenvalue weighted by Gasteiger charge is -2.36. The Morgan fingerprint density at radius 2 is 1.83 bits per heavy atom. The van der Waals surface area contributed by atoms with Crippen molar-refractivity contribution in [2.24, 2.45) is 0 Å². The van der Waals surface area contributed by atoms with Crippen LogP contribution in [0.2, 0.25) is 0 Å². The largest absolute Gasteiger partial charge is 0.390 e. The van der Waals surface area contributed by atoms with Crippen molar-refractivity contribution < 1.29 is 18.6 Å². The molecule has 1 rings (SSSR count). The van der Waals surface area contributed by atoms with Crippen LogP contribution < -0.4 is 0 Å². The Hall–Kier alpha value is -0.300. The van der Waals surface area contributed by atoms with E-state index in [0.29, 0.717) is 6.54 Å². The summed E-state index contributed by atoms with van der Waals surface area (Å²) in [5, 5.41) is 9.89. The molecule has 0 aliphatic carbocycles. The fraction of sp³-hybridized carbons (Fsp3) is 1.00. The SMILES string of the molecule is CC1CN(CC(O)CN(C)CC(F)F)CC(C)O1. The molecule has 1 heterocycles. The summed E-state index contributed by atoms with van der Waals surface area (Å²) in [5.74, 6) is 0. The van der Waals surface area contributed by atoms with Gasteiger partial charge in [-0.05, 0) is 20.9 Å². The minimum absolute atomic E-state index is 0.153. The zero-order valence-electron chi connectivity index (χ0n) is 11.4. The topological polar surface area (TPSA) is 35.9 Å². The number of hydrogen-bond acceptors (Lipinski definition) is 4. The van der Waals surface area contributed by atoms with Crippen molar-refractivity contribution in [3.8, 4) is 0 Å².